The fraction of sp³-hybridized carbons (Fsp3) is 0.318. The van der Waals surface area contributed by atoms with Crippen LogP contribution in [0.2, 0.25) is 0 Å². The van der Waals surface area contributed by atoms with E-state index in [2.05, 4.69) is 10.7 Å². The first-order valence-electron chi connectivity index (χ1n) is 9.59. The summed E-state index contributed by atoms with van der Waals surface area (Å²) < 4.78 is 10.7. The van der Waals surface area contributed by atoms with Crippen molar-refractivity contribution in [2.45, 2.75) is 26.3 Å². The number of hydrogen-bond acceptors (Lipinski definition) is 5. The molecule has 158 valence electrons. The minimum absolute atomic E-state index is 0.297. The molecular weight excluding hydrogens is 386 g/mol. The molecule has 1 heterocycles. The van der Waals surface area contributed by atoms with E-state index in [1.54, 1.807) is 62.6 Å². The number of imide groups is 1. The number of hydrogen-bond donors (Lipinski definition) is 2. The van der Waals surface area contributed by atoms with Crippen LogP contribution in [-0.4, -0.2) is 36.6 Å². The molecule has 0 bridgehead atoms. The Hall–Kier alpha value is -3.55. The van der Waals surface area contributed by atoms with E-state index in [0.29, 0.717) is 40.2 Å². The summed E-state index contributed by atoms with van der Waals surface area (Å²) in [6, 6.07) is 12.6. The van der Waals surface area contributed by atoms with Crippen LogP contribution in [-0.2, 0) is 10.3 Å². The van der Waals surface area contributed by atoms with Crippen molar-refractivity contribution in [3.05, 3.63) is 59.7 Å². The predicted molar refractivity (Wildman–Crippen MR) is 110 cm³/mol. The van der Waals surface area contributed by atoms with Crippen LogP contribution in [0, 0.1) is 5.92 Å². The number of rotatable bonds is 7. The molecule has 0 aromatic heterocycles. The summed E-state index contributed by atoms with van der Waals surface area (Å²) in [5, 5.41) is 3.34. The third-order valence-corrected chi connectivity index (χ3v) is 4.77. The van der Waals surface area contributed by atoms with Gasteiger partial charge in [-0.15, -0.1) is 0 Å². The second-order valence-electron chi connectivity index (χ2n) is 7.59. The molecule has 0 saturated carbocycles. The molecule has 1 fully saturated rings. The predicted octanol–water partition coefficient (Wildman–Crippen LogP) is 2.84. The van der Waals surface area contributed by atoms with Crippen LogP contribution in [0.25, 0.3) is 0 Å². The largest absolute Gasteiger partial charge is 0.497 e. The molecule has 1 aliphatic rings. The van der Waals surface area contributed by atoms with Gasteiger partial charge in [-0.25, -0.2) is 4.79 Å². The standard InChI is InChI=1S/C22H25N3O5/c1-14(2)13-30-18-9-5-15(6-10-18)19(26)24-25-20(27)22(3,23-21(25)28)16-7-11-17(29-4)12-8-16/h5-12,14H,13H2,1-4H3,(H,23,28)(H,24,26)/t22-/m0/s1. The minimum atomic E-state index is -1.30. The van der Waals surface area contributed by atoms with Crippen molar-refractivity contribution in [3.8, 4) is 11.5 Å². The molecule has 0 unspecified atom stereocenters. The van der Waals surface area contributed by atoms with Crippen LogP contribution in [0.15, 0.2) is 48.5 Å². The van der Waals surface area contributed by atoms with Gasteiger partial charge < -0.3 is 14.8 Å². The van der Waals surface area contributed by atoms with Gasteiger partial charge in [0.05, 0.1) is 13.7 Å². The zero-order valence-corrected chi connectivity index (χ0v) is 17.4. The van der Waals surface area contributed by atoms with E-state index in [9.17, 15) is 14.4 Å². The molecule has 1 atom stereocenters. The number of amides is 4. The molecule has 3 rings (SSSR count). The lowest BCUT2D eigenvalue weighted by Crippen LogP contribution is -2.47. The first-order chi connectivity index (χ1) is 14.2. The van der Waals surface area contributed by atoms with E-state index >= 15 is 0 Å². The second kappa shape index (κ2) is 8.44. The number of ether oxygens (including phenoxy) is 2. The SMILES string of the molecule is COc1ccc([C@]2(C)NC(=O)N(NC(=O)c3ccc(OCC(C)C)cc3)C2=O)cc1. The van der Waals surface area contributed by atoms with Gasteiger partial charge in [-0.05, 0) is 54.8 Å². The topological polar surface area (TPSA) is 97.0 Å². The zero-order chi connectivity index (χ0) is 21.9. The number of hydrazine groups is 1. The zero-order valence-electron chi connectivity index (χ0n) is 17.4. The molecule has 30 heavy (non-hydrogen) atoms. The molecular formula is C22H25N3O5. The average Bonchev–Trinajstić information content (AvgIpc) is 2.96. The maximum atomic E-state index is 12.9. The third kappa shape index (κ3) is 4.22. The summed E-state index contributed by atoms with van der Waals surface area (Å²) in [7, 11) is 1.54. The van der Waals surface area contributed by atoms with Gasteiger partial charge in [-0.1, -0.05) is 26.0 Å². The normalized spacial score (nSPS) is 18.4. The van der Waals surface area contributed by atoms with Gasteiger partial charge in [0, 0.05) is 5.56 Å². The van der Waals surface area contributed by atoms with Crippen LogP contribution in [0.1, 0.15) is 36.7 Å². The second-order valence-corrected chi connectivity index (χ2v) is 7.59. The molecule has 0 radical (unpaired) electrons. The van der Waals surface area contributed by atoms with Gasteiger partial charge in [0.1, 0.15) is 17.0 Å². The van der Waals surface area contributed by atoms with Crippen molar-refractivity contribution in [1.82, 2.24) is 15.8 Å². The van der Waals surface area contributed by atoms with E-state index in [0.717, 1.165) is 0 Å². The Bertz CT molecular complexity index is 940. The fourth-order valence-electron chi connectivity index (χ4n) is 2.99. The highest BCUT2D eigenvalue weighted by atomic mass is 16.5. The summed E-state index contributed by atoms with van der Waals surface area (Å²) in [6.45, 7) is 6.24. The van der Waals surface area contributed by atoms with Gasteiger partial charge in [0.15, 0.2) is 0 Å². The van der Waals surface area contributed by atoms with Crippen LogP contribution in [0.5, 0.6) is 11.5 Å². The Morgan fingerprint density at radius 3 is 2.23 bits per heavy atom. The van der Waals surface area contributed by atoms with Crippen molar-refractivity contribution in [1.29, 1.82) is 0 Å². The van der Waals surface area contributed by atoms with E-state index in [1.807, 2.05) is 13.8 Å². The van der Waals surface area contributed by atoms with E-state index < -0.39 is 23.4 Å². The lowest BCUT2D eigenvalue weighted by molar-refractivity contribution is -0.132. The lowest BCUT2D eigenvalue weighted by atomic mass is 9.92. The van der Waals surface area contributed by atoms with Crippen molar-refractivity contribution in [2.75, 3.05) is 13.7 Å². The number of benzene rings is 2. The molecule has 2 aromatic carbocycles. The molecule has 4 amide bonds. The number of carbonyl (C=O) groups is 3. The summed E-state index contributed by atoms with van der Waals surface area (Å²) in [5.74, 6) is 0.496. The summed E-state index contributed by atoms with van der Waals surface area (Å²) >= 11 is 0. The van der Waals surface area contributed by atoms with Crippen molar-refractivity contribution < 1.29 is 23.9 Å². The molecule has 0 aliphatic carbocycles. The van der Waals surface area contributed by atoms with Gasteiger partial charge in [0.2, 0.25) is 0 Å². The Kier molecular flexibility index (Phi) is 5.96. The number of nitrogens with zero attached hydrogens (tertiary/aromatic N) is 1. The highest BCUT2D eigenvalue weighted by Gasteiger charge is 2.50. The number of urea groups is 1. The fourth-order valence-corrected chi connectivity index (χ4v) is 2.99. The molecule has 1 saturated heterocycles. The van der Waals surface area contributed by atoms with Crippen LogP contribution in [0.3, 0.4) is 0 Å². The Balaban J connectivity index is 1.71. The van der Waals surface area contributed by atoms with E-state index in [1.165, 1.54) is 0 Å². The van der Waals surface area contributed by atoms with Crippen LogP contribution < -0.4 is 20.2 Å². The maximum Gasteiger partial charge on any atom is 0.344 e. The van der Waals surface area contributed by atoms with Gasteiger partial charge in [-0.2, -0.15) is 5.01 Å². The number of nitrogens with one attached hydrogen (secondary N) is 2. The van der Waals surface area contributed by atoms with E-state index in [-0.39, 0.29) is 0 Å². The Morgan fingerprint density at radius 1 is 1.07 bits per heavy atom. The van der Waals surface area contributed by atoms with Crippen molar-refractivity contribution in [3.63, 3.8) is 0 Å². The third-order valence-electron chi connectivity index (χ3n) is 4.77. The van der Waals surface area contributed by atoms with Gasteiger partial charge in [-0.3, -0.25) is 15.0 Å². The molecule has 2 aromatic rings. The smallest absolute Gasteiger partial charge is 0.344 e. The van der Waals surface area contributed by atoms with Gasteiger partial charge >= 0.3 is 6.03 Å². The summed E-state index contributed by atoms with van der Waals surface area (Å²) in [5.41, 5.74) is 1.95. The first kappa shape index (κ1) is 21.2. The average molecular weight is 411 g/mol. The highest BCUT2D eigenvalue weighted by molar-refractivity contribution is 6.09. The van der Waals surface area contributed by atoms with Crippen molar-refractivity contribution >= 4 is 17.8 Å². The maximum absolute atomic E-state index is 12.9. The minimum Gasteiger partial charge on any atom is -0.497 e. The lowest BCUT2D eigenvalue weighted by Gasteiger charge is -2.22. The number of methoxy groups -OCH3 is 1. The highest BCUT2D eigenvalue weighted by Crippen LogP contribution is 2.29. The molecule has 1 aliphatic heterocycles. The molecule has 8 nitrogen and oxygen atoms in total. The van der Waals surface area contributed by atoms with E-state index in [4.69, 9.17) is 9.47 Å². The monoisotopic (exact) mass is 411 g/mol. The van der Waals surface area contributed by atoms with Crippen LogP contribution >= 0.6 is 0 Å². The quantitative estimate of drug-likeness (QED) is 0.683. The Labute approximate surface area is 175 Å². The molecule has 2 N–H and O–H groups in total. The number of carbonyl (C=O) groups excluding carboxylic acids is 3. The van der Waals surface area contributed by atoms with Gasteiger partial charge in [0.25, 0.3) is 11.8 Å². The summed E-state index contributed by atoms with van der Waals surface area (Å²) in [4.78, 5) is 37.9. The molecule has 0 spiro atoms. The first-order valence-corrected chi connectivity index (χ1v) is 9.59. The Morgan fingerprint density at radius 2 is 1.67 bits per heavy atom. The molecule has 8 heteroatoms. The van der Waals surface area contributed by atoms with Crippen molar-refractivity contribution in [2.24, 2.45) is 5.92 Å². The van der Waals surface area contributed by atoms with Crippen LogP contribution in [0.4, 0.5) is 4.79 Å². The summed E-state index contributed by atoms with van der Waals surface area (Å²) in [6.07, 6.45) is 0.